The molecule has 0 saturated heterocycles. The zero-order chi connectivity index (χ0) is 19.2. The minimum absolute atomic E-state index is 0.105. The van der Waals surface area contributed by atoms with Crippen LogP contribution in [0, 0.1) is 20.2 Å². The molecule has 11 heteroatoms. The molecule has 0 aliphatic carbocycles. The highest BCUT2D eigenvalue weighted by atomic mass is 32.2. The van der Waals surface area contributed by atoms with Gasteiger partial charge in [-0.3, -0.25) is 24.4 Å². The van der Waals surface area contributed by atoms with E-state index < -0.39 is 37.2 Å². The molecule has 2 rings (SSSR count). The van der Waals surface area contributed by atoms with E-state index in [1.807, 2.05) is 0 Å². The van der Waals surface area contributed by atoms with Gasteiger partial charge in [0.05, 0.1) is 35.2 Å². The molecule has 10 nitrogen and oxygen atoms in total. The van der Waals surface area contributed by atoms with E-state index in [0.29, 0.717) is 5.56 Å². The SMILES string of the molecule is O=[N+]([O-])c1ccccc1COCCOS(=O)(=O)c1ccccc1[N+](=O)[O-]. The third kappa shape index (κ3) is 4.81. The van der Waals surface area contributed by atoms with Crippen LogP contribution in [0.15, 0.2) is 53.4 Å². The quantitative estimate of drug-likeness (QED) is 0.279. The molecule has 2 aromatic rings. The third-order valence-electron chi connectivity index (χ3n) is 3.24. The maximum atomic E-state index is 12.1. The van der Waals surface area contributed by atoms with Crippen LogP contribution in [0.4, 0.5) is 11.4 Å². The van der Waals surface area contributed by atoms with Gasteiger partial charge in [0.2, 0.25) is 0 Å². The van der Waals surface area contributed by atoms with Gasteiger partial charge in [0.25, 0.3) is 11.4 Å². The summed E-state index contributed by atoms with van der Waals surface area (Å²) in [5, 5.41) is 21.8. The number of hydrogen-bond acceptors (Lipinski definition) is 8. The largest absolute Gasteiger partial charge is 0.374 e. The van der Waals surface area contributed by atoms with Crippen LogP contribution in [-0.4, -0.2) is 31.5 Å². The molecule has 0 heterocycles. The van der Waals surface area contributed by atoms with Crippen molar-refractivity contribution >= 4 is 21.5 Å². The Morgan fingerprint density at radius 2 is 1.42 bits per heavy atom. The molecular weight excluding hydrogens is 368 g/mol. The highest BCUT2D eigenvalue weighted by Gasteiger charge is 2.25. The fourth-order valence-electron chi connectivity index (χ4n) is 2.08. The summed E-state index contributed by atoms with van der Waals surface area (Å²) < 4.78 is 34.0. The monoisotopic (exact) mass is 382 g/mol. The summed E-state index contributed by atoms with van der Waals surface area (Å²) >= 11 is 0. The van der Waals surface area contributed by atoms with Crippen molar-refractivity contribution in [2.75, 3.05) is 13.2 Å². The van der Waals surface area contributed by atoms with Crippen molar-refractivity contribution in [2.45, 2.75) is 11.5 Å². The van der Waals surface area contributed by atoms with E-state index in [1.165, 1.54) is 30.3 Å². The lowest BCUT2D eigenvalue weighted by Gasteiger charge is -2.07. The maximum Gasteiger partial charge on any atom is 0.303 e. The molecule has 0 aliphatic heterocycles. The fourth-order valence-corrected chi connectivity index (χ4v) is 3.14. The first-order valence-corrected chi connectivity index (χ1v) is 8.66. The Morgan fingerprint density at radius 3 is 2.08 bits per heavy atom. The first-order chi connectivity index (χ1) is 12.3. The van der Waals surface area contributed by atoms with Crippen LogP contribution < -0.4 is 0 Å². The summed E-state index contributed by atoms with van der Waals surface area (Å²) in [5.74, 6) is 0. The van der Waals surface area contributed by atoms with Gasteiger partial charge in [0, 0.05) is 12.1 Å². The zero-order valence-corrected chi connectivity index (χ0v) is 14.1. The Hall–Kier alpha value is -2.89. The minimum Gasteiger partial charge on any atom is -0.374 e. The Kier molecular flexibility index (Phi) is 6.33. The average molecular weight is 382 g/mol. The Bertz CT molecular complexity index is 913. The van der Waals surface area contributed by atoms with Crippen LogP contribution in [0.25, 0.3) is 0 Å². The van der Waals surface area contributed by atoms with E-state index >= 15 is 0 Å². The summed E-state index contributed by atoms with van der Waals surface area (Å²) in [5.41, 5.74) is -0.367. The highest BCUT2D eigenvalue weighted by Crippen LogP contribution is 2.24. The van der Waals surface area contributed by atoms with Crippen LogP contribution in [0.1, 0.15) is 5.56 Å². The molecule has 0 fully saturated rings. The molecule has 0 spiro atoms. The molecule has 0 aromatic heterocycles. The molecule has 0 amide bonds. The number of para-hydroxylation sites is 2. The standard InChI is InChI=1S/C15H14N2O8S/c18-16(19)13-6-2-1-5-12(13)11-24-9-10-25-26(22,23)15-8-4-3-7-14(15)17(20)21/h1-8H,9-11H2. The van der Waals surface area contributed by atoms with E-state index in [-0.39, 0.29) is 18.9 Å². The molecule has 2 aromatic carbocycles. The lowest BCUT2D eigenvalue weighted by molar-refractivity contribution is -0.387. The van der Waals surface area contributed by atoms with Crippen molar-refractivity contribution in [1.82, 2.24) is 0 Å². The van der Waals surface area contributed by atoms with E-state index in [1.54, 1.807) is 6.07 Å². The summed E-state index contributed by atoms with van der Waals surface area (Å²) in [4.78, 5) is 19.9. The maximum absolute atomic E-state index is 12.1. The predicted molar refractivity (Wildman–Crippen MR) is 89.0 cm³/mol. The molecule has 138 valence electrons. The normalized spacial score (nSPS) is 11.2. The number of benzene rings is 2. The number of hydrogen-bond donors (Lipinski definition) is 0. The van der Waals surface area contributed by atoms with Crippen LogP contribution in [0.2, 0.25) is 0 Å². The summed E-state index contributed by atoms with van der Waals surface area (Å²) in [6.07, 6.45) is 0. The van der Waals surface area contributed by atoms with Gasteiger partial charge in [-0.25, -0.2) is 0 Å². The van der Waals surface area contributed by atoms with Gasteiger partial charge in [-0.2, -0.15) is 8.42 Å². The van der Waals surface area contributed by atoms with E-state index in [2.05, 4.69) is 0 Å². The second-order valence-corrected chi connectivity index (χ2v) is 6.52. The fraction of sp³-hybridized carbons (Fsp3) is 0.200. The first-order valence-electron chi connectivity index (χ1n) is 7.26. The Labute approximate surface area is 148 Å². The van der Waals surface area contributed by atoms with Gasteiger partial charge < -0.3 is 4.74 Å². The molecule has 0 atom stereocenters. The van der Waals surface area contributed by atoms with Gasteiger partial charge >= 0.3 is 10.1 Å². The first kappa shape index (κ1) is 19.4. The second-order valence-electron chi connectivity index (χ2n) is 4.94. The van der Waals surface area contributed by atoms with E-state index in [0.717, 1.165) is 12.1 Å². The molecule has 26 heavy (non-hydrogen) atoms. The van der Waals surface area contributed by atoms with Crippen molar-refractivity contribution in [3.63, 3.8) is 0 Å². The van der Waals surface area contributed by atoms with E-state index in [9.17, 15) is 28.6 Å². The molecule has 0 bridgehead atoms. The average Bonchev–Trinajstić information content (AvgIpc) is 2.61. The van der Waals surface area contributed by atoms with Crippen molar-refractivity contribution < 1.29 is 27.2 Å². The van der Waals surface area contributed by atoms with Crippen LogP contribution in [-0.2, 0) is 25.6 Å². The second kappa shape index (κ2) is 8.47. The summed E-state index contributed by atoms with van der Waals surface area (Å²) in [6.45, 7) is -0.674. The number of nitro benzene ring substituents is 2. The van der Waals surface area contributed by atoms with Gasteiger partial charge in [-0.05, 0) is 12.1 Å². The number of nitrogens with zero attached hydrogens (tertiary/aromatic N) is 2. The highest BCUT2D eigenvalue weighted by molar-refractivity contribution is 7.87. The predicted octanol–water partition coefficient (Wildman–Crippen LogP) is 2.43. The molecule has 0 unspecified atom stereocenters. The molecule has 0 aliphatic rings. The van der Waals surface area contributed by atoms with Crippen LogP contribution in [0.5, 0.6) is 0 Å². The summed E-state index contributed by atoms with van der Waals surface area (Å²) in [7, 11) is -4.33. The van der Waals surface area contributed by atoms with Crippen molar-refractivity contribution in [3.8, 4) is 0 Å². The van der Waals surface area contributed by atoms with Gasteiger partial charge in [0.1, 0.15) is 0 Å². The van der Waals surface area contributed by atoms with Crippen LogP contribution >= 0.6 is 0 Å². The van der Waals surface area contributed by atoms with Gasteiger partial charge in [-0.1, -0.05) is 24.3 Å². The van der Waals surface area contributed by atoms with Crippen LogP contribution in [0.3, 0.4) is 0 Å². The smallest absolute Gasteiger partial charge is 0.303 e. The van der Waals surface area contributed by atoms with Crippen molar-refractivity contribution in [2.24, 2.45) is 0 Å². The molecule has 0 N–H and O–H groups in total. The number of rotatable bonds is 9. The Morgan fingerprint density at radius 1 is 0.846 bits per heavy atom. The third-order valence-corrected chi connectivity index (χ3v) is 4.60. The van der Waals surface area contributed by atoms with Crippen molar-refractivity contribution in [3.05, 3.63) is 74.3 Å². The zero-order valence-electron chi connectivity index (χ0n) is 13.3. The van der Waals surface area contributed by atoms with E-state index in [4.69, 9.17) is 8.92 Å². The number of ether oxygens (including phenoxy) is 1. The van der Waals surface area contributed by atoms with Crippen molar-refractivity contribution in [1.29, 1.82) is 0 Å². The Balaban J connectivity index is 1.92. The van der Waals surface area contributed by atoms with Gasteiger partial charge in [-0.15, -0.1) is 0 Å². The summed E-state index contributed by atoms with van der Waals surface area (Å²) in [6, 6.07) is 10.8. The lowest BCUT2D eigenvalue weighted by Crippen LogP contribution is -2.13. The lowest BCUT2D eigenvalue weighted by atomic mass is 10.2. The molecule has 0 radical (unpaired) electrons. The topological polar surface area (TPSA) is 139 Å². The molecule has 0 saturated carbocycles. The minimum atomic E-state index is -4.33. The van der Waals surface area contributed by atoms with Gasteiger partial charge in [0.15, 0.2) is 4.90 Å². The number of nitro groups is 2. The molecular formula is C15H14N2O8S.